The van der Waals surface area contributed by atoms with E-state index in [2.05, 4.69) is 96.3 Å². The first-order valence-electron chi connectivity index (χ1n) is 25.1. The van der Waals surface area contributed by atoms with Crippen molar-refractivity contribution in [2.75, 3.05) is 0 Å². The molecule has 0 aliphatic carbocycles. The minimum absolute atomic E-state index is 0. The van der Waals surface area contributed by atoms with Crippen LogP contribution in [-0.4, -0.2) is 0 Å². The van der Waals surface area contributed by atoms with Crippen LogP contribution in [0.15, 0.2) is 73.4 Å². The van der Waals surface area contributed by atoms with Crippen molar-refractivity contribution < 1.29 is 21.5 Å². The molecule has 0 aliphatic rings. The van der Waals surface area contributed by atoms with Crippen LogP contribution in [0.4, 0.5) is 0 Å². The molecule has 0 fully saturated rings. The Labute approximate surface area is 374 Å². The van der Waals surface area contributed by atoms with Gasteiger partial charge in [0.2, 0.25) is 0 Å². The second kappa shape index (κ2) is 44.9. The molecule has 0 radical (unpaired) electrons. The van der Waals surface area contributed by atoms with Gasteiger partial charge in [0, 0.05) is 37.1 Å². The average molecular weight is 843 g/mol. The highest BCUT2D eigenvalue weighted by atomic mass is 35.5. The third-order valence-electron chi connectivity index (χ3n) is 12.0. The maximum absolute atomic E-state index is 2.44. The zero-order chi connectivity index (χ0) is 39.7. The summed E-state index contributed by atoms with van der Waals surface area (Å²) in [4.78, 5) is 0. The molecule has 0 unspecified atom stereocenters. The Morgan fingerprint density at radius 2 is 0.569 bits per heavy atom. The maximum Gasteiger partial charge on any atom is 0.169 e. The minimum atomic E-state index is 0. The number of allylic oxidation sites excluding steroid dienone is 4. The second-order valence-corrected chi connectivity index (χ2v) is 17.4. The molecule has 0 bridgehead atoms. The zero-order valence-corrected chi connectivity index (χ0v) is 40.1. The van der Waals surface area contributed by atoms with Gasteiger partial charge in [0.25, 0.3) is 0 Å². The van der Waals surface area contributed by atoms with Gasteiger partial charge < -0.3 is 12.4 Å². The van der Waals surface area contributed by atoms with Gasteiger partial charge in [0.15, 0.2) is 24.8 Å². The lowest BCUT2D eigenvalue weighted by atomic mass is 10.0. The molecule has 0 aromatic carbocycles. The van der Waals surface area contributed by atoms with Crippen LogP contribution in [0.2, 0.25) is 0 Å². The summed E-state index contributed by atoms with van der Waals surface area (Å²) in [6.45, 7) is 6.89. The van der Waals surface area contributed by atoms with Crippen LogP contribution in [-0.2, 0) is 25.9 Å². The van der Waals surface area contributed by atoms with Crippen LogP contribution in [0.3, 0.4) is 0 Å². The Morgan fingerprint density at radius 1 is 0.328 bits per heavy atom. The number of nitrogens with zero attached hydrogens (tertiary/aromatic N) is 2. The van der Waals surface area contributed by atoms with Gasteiger partial charge in [-0.2, -0.15) is 0 Å². The van der Waals surface area contributed by atoms with Crippen LogP contribution in [0, 0.1) is 0 Å². The summed E-state index contributed by atoms with van der Waals surface area (Å²) in [7, 11) is 0. The molecule has 2 heterocycles. The standard InChI is InChI=1S/C54H94N2.2ClH/c1-3-5-7-9-11-13-15-17-19-21-23-25-27-29-31-33-37-41-53-43-49-55(50-44-53)47-39-35-36-40-48-56-51-45-54(46-52-56)42-38-34-32-30-28-26-24-22-20-18-16-14-12-10-8-6-4-2;;/h17-20,43-46,49-52H,3-16,21-42,47-48H2,1-2H3;2*1H/q+2;;/p-1/b19-17-,20-18-;;. The predicted molar refractivity (Wildman–Crippen MR) is 255 cm³/mol. The number of unbranched alkanes of at least 4 members (excludes halogenated alkanes) is 29. The largest absolute Gasteiger partial charge is 1.00 e. The highest BCUT2D eigenvalue weighted by Crippen LogP contribution is 2.14. The fraction of sp³-hybridized carbons (Fsp3) is 0.741. The van der Waals surface area contributed by atoms with Crippen molar-refractivity contribution in [3.05, 3.63) is 84.5 Å². The first kappa shape index (κ1) is 56.4. The van der Waals surface area contributed by atoms with Crippen molar-refractivity contribution in [2.24, 2.45) is 0 Å². The number of halogens is 2. The normalized spacial score (nSPS) is 11.4. The van der Waals surface area contributed by atoms with E-state index in [1.54, 1.807) is 0 Å². The summed E-state index contributed by atoms with van der Waals surface area (Å²) in [5.41, 5.74) is 3.02. The maximum atomic E-state index is 2.44. The first-order chi connectivity index (χ1) is 27.8. The van der Waals surface area contributed by atoms with E-state index < -0.39 is 0 Å². The number of aromatic nitrogens is 2. The smallest absolute Gasteiger partial charge is 0.169 e. The molecule has 0 atom stereocenters. The van der Waals surface area contributed by atoms with E-state index in [-0.39, 0.29) is 24.8 Å². The van der Waals surface area contributed by atoms with Gasteiger partial charge in [-0.3, -0.25) is 0 Å². The monoisotopic (exact) mass is 842 g/mol. The Morgan fingerprint density at radius 3 is 0.862 bits per heavy atom. The molecule has 2 aromatic heterocycles. The molecule has 2 nitrogen and oxygen atoms in total. The van der Waals surface area contributed by atoms with Gasteiger partial charge in [-0.1, -0.05) is 167 Å². The summed E-state index contributed by atoms with van der Waals surface area (Å²) in [5, 5.41) is 0. The van der Waals surface area contributed by atoms with E-state index in [9.17, 15) is 0 Å². The molecule has 0 spiro atoms. The molecule has 4 heteroatoms. The lowest BCUT2D eigenvalue weighted by Gasteiger charge is -2.03. The number of hydrogen-bond donors (Lipinski definition) is 0. The van der Waals surface area contributed by atoms with Crippen LogP contribution >= 0.6 is 12.4 Å². The molecule has 0 N–H and O–H groups in total. The molecule has 0 amide bonds. The van der Waals surface area contributed by atoms with Crippen LogP contribution in [0.25, 0.3) is 0 Å². The van der Waals surface area contributed by atoms with Crippen molar-refractivity contribution >= 4 is 12.4 Å². The van der Waals surface area contributed by atoms with E-state index in [1.165, 1.54) is 242 Å². The molecule has 2 rings (SSSR count). The van der Waals surface area contributed by atoms with Crippen LogP contribution in [0.1, 0.15) is 243 Å². The summed E-state index contributed by atoms with van der Waals surface area (Å²) in [5.74, 6) is 0. The van der Waals surface area contributed by atoms with Crippen LogP contribution < -0.4 is 21.5 Å². The van der Waals surface area contributed by atoms with Crippen molar-refractivity contribution in [1.82, 2.24) is 0 Å². The Hall–Kier alpha value is -1.64. The zero-order valence-electron chi connectivity index (χ0n) is 38.5. The average Bonchev–Trinajstić information content (AvgIpc) is 3.22. The number of hydrogen-bond acceptors (Lipinski definition) is 0. The van der Waals surface area contributed by atoms with Crippen molar-refractivity contribution in [3.8, 4) is 0 Å². The quantitative estimate of drug-likeness (QED) is 0.0358. The van der Waals surface area contributed by atoms with E-state index in [4.69, 9.17) is 0 Å². The Kier molecular flexibility index (Phi) is 43.6. The van der Waals surface area contributed by atoms with Gasteiger partial charge in [-0.25, -0.2) is 9.13 Å². The van der Waals surface area contributed by atoms with E-state index in [0.717, 1.165) is 13.1 Å². The number of aryl methyl sites for hydroxylation is 4. The van der Waals surface area contributed by atoms with Gasteiger partial charge in [-0.05, 0) is 101 Å². The fourth-order valence-corrected chi connectivity index (χ4v) is 8.06. The fourth-order valence-electron chi connectivity index (χ4n) is 8.06. The van der Waals surface area contributed by atoms with Gasteiger partial charge >= 0.3 is 0 Å². The lowest BCUT2D eigenvalue weighted by Crippen LogP contribution is -3.00. The summed E-state index contributed by atoms with van der Waals surface area (Å²) in [6, 6.07) is 9.44. The SMILES string of the molecule is CCCCCCCC/C=C\CCCCCCCCCc1cc[n+](CCCCCC[n+]2ccc(CCCCCCCCC/C=C\CCCCCCCC)cc2)cc1.Cl.[Cl-]. The summed E-state index contributed by atoms with van der Waals surface area (Å²) >= 11 is 0. The highest BCUT2D eigenvalue weighted by Gasteiger charge is 2.05. The summed E-state index contributed by atoms with van der Waals surface area (Å²) < 4.78 is 4.77. The van der Waals surface area contributed by atoms with Crippen molar-refractivity contribution in [2.45, 2.75) is 258 Å². The molecule has 0 saturated carbocycles. The van der Waals surface area contributed by atoms with Gasteiger partial charge in [0.1, 0.15) is 13.1 Å². The lowest BCUT2D eigenvalue weighted by molar-refractivity contribution is -0.698. The second-order valence-electron chi connectivity index (χ2n) is 17.4. The Balaban J connectivity index is 0.0000162. The van der Waals surface area contributed by atoms with E-state index >= 15 is 0 Å². The summed E-state index contributed by atoms with van der Waals surface area (Å²) in [6.07, 6.45) is 68.2. The first-order valence-corrected chi connectivity index (χ1v) is 25.1. The van der Waals surface area contributed by atoms with Crippen LogP contribution in [0.5, 0.6) is 0 Å². The number of rotatable bonds is 41. The predicted octanol–water partition coefficient (Wildman–Crippen LogP) is 13.9. The molecule has 2 aromatic rings. The van der Waals surface area contributed by atoms with E-state index in [0.29, 0.717) is 0 Å². The topological polar surface area (TPSA) is 7.76 Å². The van der Waals surface area contributed by atoms with Crippen molar-refractivity contribution in [3.63, 3.8) is 0 Å². The van der Waals surface area contributed by atoms with Gasteiger partial charge in [-0.15, -0.1) is 12.4 Å². The molecular weight excluding hydrogens is 748 g/mol. The minimum Gasteiger partial charge on any atom is -1.00 e. The third kappa shape index (κ3) is 36.2. The third-order valence-corrected chi connectivity index (χ3v) is 12.0. The molecule has 0 saturated heterocycles. The highest BCUT2D eigenvalue weighted by molar-refractivity contribution is 5.85. The number of pyridine rings is 2. The molecule has 58 heavy (non-hydrogen) atoms. The van der Waals surface area contributed by atoms with E-state index in [1.807, 2.05) is 0 Å². The molecular formula is C54H95Cl2N2+. The molecule has 334 valence electrons. The molecule has 0 aliphatic heterocycles. The van der Waals surface area contributed by atoms with Gasteiger partial charge in [0.05, 0.1) is 0 Å². The van der Waals surface area contributed by atoms with Crippen molar-refractivity contribution in [1.29, 1.82) is 0 Å². The Bertz CT molecular complexity index is 1050.